The van der Waals surface area contributed by atoms with Gasteiger partial charge in [0, 0.05) is 13.1 Å². The predicted octanol–water partition coefficient (Wildman–Crippen LogP) is 0.714. The van der Waals surface area contributed by atoms with Crippen LogP contribution >= 0.6 is 0 Å². The average molecular weight is 153 g/mol. The molecule has 0 aliphatic heterocycles. The Labute approximate surface area is 65.4 Å². The molecule has 0 fully saturated rings. The molecule has 0 radical (unpaired) electrons. The minimum atomic E-state index is 0.590. The summed E-state index contributed by atoms with van der Waals surface area (Å²) in [6.07, 6.45) is 1.61. The van der Waals surface area contributed by atoms with E-state index in [9.17, 15) is 0 Å². The van der Waals surface area contributed by atoms with E-state index in [-0.39, 0.29) is 0 Å². The Morgan fingerprint density at radius 3 is 2.82 bits per heavy atom. The molecule has 0 saturated heterocycles. The molecule has 1 aromatic rings. The molecule has 0 atom stereocenters. The highest BCUT2D eigenvalue weighted by molar-refractivity contribution is 5.62. The lowest BCUT2D eigenvalue weighted by atomic mass is 10.4. The maximum absolute atomic E-state index is 5.60. The van der Waals surface area contributed by atoms with Gasteiger partial charge in [0.15, 0.2) is 0 Å². The van der Waals surface area contributed by atoms with Crippen molar-refractivity contribution in [3.05, 3.63) is 12.3 Å². The van der Waals surface area contributed by atoms with Gasteiger partial charge in [-0.2, -0.15) is 0 Å². The molecule has 0 unspecified atom stereocenters. The Morgan fingerprint density at radius 1 is 1.64 bits per heavy atom. The van der Waals surface area contributed by atoms with Gasteiger partial charge in [-0.3, -0.25) is 0 Å². The SMILES string of the molecule is CNc1ncc(OC)cc1N. The standard InChI is InChI=1S/C7H11N3O/c1-9-7-6(8)3-5(11-2)4-10-7/h3-4H,8H2,1-2H3,(H,9,10). The van der Waals surface area contributed by atoms with Gasteiger partial charge in [0.1, 0.15) is 11.6 Å². The summed E-state index contributed by atoms with van der Waals surface area (Å²) in [6, 6.07) is 1.72. The summed E-state index contributed by atoms with van der Waals surface area (Å²) in [5.41, 5.74) is 6.19. The Kier molecular flexibility index (Phi) is 2.15. The van der Waals surface area contributed by atoms with Crippen LogP contribution in [-0.2, 0) is 0 Å². The Hall–Kier alpha value is -1.45. The summed E-state index contributed by atoms with van der Waals surface area (Å²) >= 11 is 0. The van der Waals surface area contributed by atoms with Crippen molar-refractivity contribution in [2.75, 3.05) is 25.2 Å². The van der Waals surface area contributed by atoms with Crippen LogP contribution in [0.5, 0.6) is 5.75 Å². The molecule has 4 heteroatoms. The quantitative estimate of drug-likeness (QED) is 0.657. The topological polar surface area (TPSA) is 60.2 Å². The number of nitrogens with zero attached hydrogens (tertiary/aromatic N) is 1. The molecule has 0 bridgehead atoms. The fourth-order valence-corrected chi connectivity index (χ4v) is 0.782. The van der Waals surface area contributed by atoms with Crippen LogP contribution in [0.1, 0.15) is 0 Å². The second-order valence-electron chi connectivity index (χ2n) is 2.06. The molecule has 60 valence electrons. The first-order valence-electron chi connectivity index (χ1n) is 3.25. The van der Waals surface area contributed by atoms with Crippen molar-refractivity contribution in [1.29, 1.82) is 0 Å². The lowest BCUT2D eigenvalue weighted by Gasteiger charge is -2.04. The van der Waals surface area contributed by atoms with Crippen molar-refractivity contribution < 1.29 is 4.74 Å². The number of rotatable bonds is 2. The number of hydrogen-bond donors (Lipinski definition) is 2. The number of nitrogens with two attached hydrogens (primary N) is 1. The van der Waals surface area contributed by atoms with Crippen molar-refractivity contribution in [1.82, 2.24) is 4.98 Å². The van der Waals surface area contributed by atoms with Gasteiger partial charge < -0.3 is 15.8 Å². The van der Waals surface area contributed by atoms with E-state index in [1.807, 2.05) is 0 Å². The Balaban J connectivity index is 2.99. The van der Waals surface area contributed by atoms with Gasteiger partial charge in [0.2, 0.25) is 0 Å². The number of hydrogen-bond acceptors (Lipinski definition) is 4. The number of nitrogens with one attached hydrogen (secondary N) is 1. The van der Waals surface area contributed by atoms with Gasteiger partial charge in [0.25, 0.3) is 0 Å². The highest BCUT2D eigenvalue weighted by Gasteiger charge is 1.98. The number of anilines is 2. The van der Waals surface area contributed by atoms with Crippen molar-refractivity contribution >= 4 is 11.5 Å². The van der Waals surface area contributed by atoms with Gasteiger partial charge >= 0.3 is 0 Å². The number of aromatic nitrogens is 1. The third kappa shape index (κ3) is 1.52. The molecule has 0 aliphatic rings. The zero-order valence-corrected chi connectivity index (χ0v) is 6.59. The van der Waals surface area contributed by atoms with E-state index in [0.717, 1.165) is 0 Å². The second-order valence-corrected chi connectivity index (χ2v) is 2.06. The van der Waals surface area contributed by atoms with Crippen LogP contribution in [0.3, 0.4) is 0 Å². The monoisotopic (exact) mass is 153 g/mol. The summed E-state index contributed by atoms with van der Waals surface area (Å²) in [5.74, 6) is 1.34. The van der Waals surface area contributed by atoms with Crippen LogP contribution in [0.4, 0.5) is 11.5 Å². The predicted molar refractivity (Wildman–Crippen MR) is 44.7 cm³/mol. The number of methoxy groups -OCH3 is 1. The molecule has 0 amide bonds. The number of pyridine rings is 1. The van der Waals surface area contributed by atoms with Crippen LogP contribution in [0.2, 0.25) is 0 Å². The molecule has 0 aliphatic carbocycles. The highest BCUT2D eigenvalue weighted by Crippen LogP contribution is 2.19. The van der Waals surface area contributed by atoms with Crippen molar-refractivity contribution in [3.8, 4) is 5.75 Å². The summed E-state index contributed by atoms with van der Waals surface area (Å²) in [5, 5.41) is 2.85. The molecule has 0 saturated carbocycles. The first kappa shape index (κ1) is 7.65. The van der Waals surface area contributed by atoms with E-state index in [2.05, 4.69) is 10.3 Å². The van der Waals surface area contributed by atoms with E-state index in [1.165, 1.54) is 0 Å². The fraction of sp³-hybridized carbons (Fsp3) is 0.286. The van der Waals surface area contributed by atoms with Crippen molar-refractivity contribution in [2.24, 2.45) is 0 Å². The zero-order chi connectivity index (χ0) is 8.27. The van der Waals surface area contributed by atoms with E-state index in [0.29, 0.717) is 17.3 Å². The lowest BCUT2D eigenvalue weighted by molar-refractivity contribution is 0.413. The van der Waals surface area contributed by atoms with Gasteiger partial charge in [-0.1, -0.05) is 0 Å². The third-order valence-corrected chi connectivity index (χ3v) is 1.36. The maximum Gasteiger partial charge on any atom is 0.149 e. The molecule has 11 heavy (non-hydrogen) atoms. The van der Waals surface area contributed by atoms with Gasteiger partial charge in [-0.05, 0) is 0 Å². The van der Waals surface area contributed by atoms with E-state index < -0.39 is 0 Å². The molecule has 0 spiro atoms. The van der Waals surface area contributed by atoms with Crippen molar-refractivity contribution in [2.45, 2.75) is 0 Å². The smallest absolute Gasteiger partial charge is 0.149 e. The van der Waals surface area contributed by atoms with Crippen molar-refractivity contribution in [3.63, 3.8) is 0 Å². The Morgan fingerprint density at radius 2 is 2.36 bits per heavy atom. The van der Waals surface area contributed by atoms with Gasteiger partial charge in [-0.15, -0.1) is 0 Å². The zero-order valence-electron chi connectivity index (χ0n) is 6.59. The fourth-order valence-electron chi connectivity index (χ4n) is 0.782. The largest absolute Gasteiger partial charge is 0.495 e. The Bertz CT molecular complexity index is 249. The van der Waals surface area contributed by atoms with E-state index >= 15 is 0 Å². The maximum atomic E-state index is 5.60. The second kappa shape index (κ2) is 3.09. The van der Waals surface area contributed by atoms with Gasteiger partial charge in [-0.25, -0.2) is 4.98 Å². The molecule has 1 heterocycles. The first-order chi connectivity index (χ1) is 5.27. The summed E-state index contributed by atoms with van der Waals surface area (Å²) in [6.45, 7) is 0. The lowest BCUT2D eigenvalue weighted by Crippen LogP contribution is -1.98. The molecule has 1 aromatic heterocycles. The first-order valence-corrected chi connectivity index (χ1v) is 3.25. The summed E-state index contributed by atoms with van der Waals surface area (Å²) in [7, 11) is 3.35. The van der Waals surface area contributed by atoms with Crippen LogP contribution in [0, 0.1) is 0 Å². The molecular weight excluding hydrogens is 142 g/mol. The van der Waals surface area contributed by atoms with Crippen LogP contribution in [0.15, 0.2) is 12.3 Å². The normalized spacial score (nSPS) is 9.27. The van der Waals surface area contributed by atoms with Crippen LogP contribution < -0.4 is 15.8 Å². The van der Waals surface area contributed by atoms with Crippen LogP contribution in [-0.4, -0.2) is 19.1 Å². The molecular formula is C7H11N3O. The number of nitrogen functional groups attached to an aromatic ring is 1. The van der Waals surface area contributed by atoms with E-state index in [1.54, 1.807) is 26.4 Å². The molecule has 3 N–H and O–H groups in total. The molecule has 4 nitrogen and oxygen atoms in total. The third-order valence-electron chi connectivity index (χ3n) is 1.36. The highest BCUT2D eigenvalue weighted by atomic mass is 16.5. The average Bonchev–Trinajstić information content (AvgIpc) is 2.04. The summed E-state index contributed by atoms with van der Waals surface area (Å²) < 4.78 is 4.92. The van der Waals surface area contributed by atoms with Gasteiger partial charge in [0.05, 0.1) is 19.0 Å². The summed E-state index contributed by atoms with van der Waals surface area (Å²) in [4.78, 5) is 4.01. The number of ether oxygens (including phenoxy) is 1. The minimum absolute atomic E-state index is 0.590. The van der Waals surface area contributed by atoms with E-state index in [4.69, 9.17) is 10.5 Å². The molecule has 0 aromatic carbocycles. The minimum Gasteiger partial charge on any atom is -0.495 e. The van der Waals surface area contributed by atoms with Crippen LogP contribution in [0.25, 0.3) is 0 Å². The molecule has 1 rings (SSSR count).